The van der Waals surface area contributed by atoms with Crippen molar-refractivity contribution in [2.24, 2.45) is 0 Å². The molecule has 0 fully saturated rings. The molecular formula is C17H14ClN5. The predicted octanol–water partition coefficient (Wildman–Crippen LogP) is 4.29. The molecule has 6 heteroatoms. The van der Waals surface area contributed by atoms with Crippen molar-refractivity contribution in [2.75, 3.05) is 5.32 Å². The maximum atomic E-state index is 6.32. The maximum absolute atomic E-state index is 6.32. The molecule has 23 heavy (non-hydrogen) atoms. The van der Waals surface area contributed by atoms with Gasteiger partial charge < -0.3 is 5.32 Å². The van der Waals surface area contributed by atoms with Gasteiger partial charge in [-0.05, 0) is 43.7 Å². The van der Waals surface area contributed by atoms with Gasteiger partial charge in [0.15, 0.2) is 5.82 Å². The lowest BCUT2D eigenvalue weighted by Gasteiger charge is -2.11. The average molecular weight is 324 g/mol. The largest absolute Gasteiger partial charge is 0.336 e. The number of hydrogen-bond donors (Lipinski definition) is 1. The van der Waals surface area contributed by atoms with E-state index < -0.39 is 0 Å². The van der Waals surface area contributed by atoms with E-state index in [0.717, 1.165) is 28.1 Å². The zero-order valence-corrected chi connectivity index (χ0v) is 13.5. The van der Waals surface area contributed by atoms with E-state index in [4.69, 9.17) is 11.6 Å². The second-order valence-corrected chi connectivity index (χ2v) is 5.87. The molecule has 0 aliphatic carbocycles. The average Bonchev–Trinajstić information content (AvgIpc) is 2.93. The van der Waals surface area contributed by atoms with Crippen LogP contribution in [0.1, 0.15) is 11.4 Å². The molecule has 0 radical (unpaired) electrons. The number of nitrogens with zero attached hydrogens (tertiary/aromatic N) is 4. The van der Waals surface area contributed by atoms with E-state index in [9.17, 15) is 0 Å². The van der Waals surface area contributed by atoms with Crippen molar-refractivity contribution in [1.29, 1.82) is 0 Å². The summed E-state index contributed by atoms with van der Waals surface area (Å²) >= 11 is 6.32. The van der Waals surface area contributed by atoms with Crippen LogP contribution in [-0.2, 0) is 0 Å². The minimum Gasteiger partial charge on any atom is -0.336 e. The number of halogens is 1. The molecule has 0 amide bonds. The highest BCUT2D eigenvalue weighted by Gasteiger charge is 2.13. The van der Waals surface area contributed by atoms with Gasteiger partial charge in [-0.2, -0.15) is 0 Å². The van der Waals surface area contributed by atoms with E-state index in [1.807, 2.05) is 60.7 Å². The van der Waals surface area contributed by atoms with Crippen LogP contribution in [0.3, 0.4) is 0 Å². The van der Waals surface area contributed by atoms with Crippen LogP contribution in [-0.4, -0.2) is 19.6 Å². The van der Waals surface area contributed by atoms with Crippen molar-refractivity contribution in [3.05, 3.63) is 58.9 Å². The third-order valence-electron chi connectivity index (χ3n) is 3.77. The molecular weight excluding hydrogens is 310 g/mol. The van der Waals surface area contributed by atoms with Crippen molar-refractivity contribution in [3.63, 3.8) is 0 Å². The highest BCUT2D eigenvalue weighted by molar-refractivity contribution is 6.33. The Morgan fingerprint density at radius 3 is 2.70 bits per heavy atom. The molecule has 5 nitrogen and oxygen atoms in total. The van der Waals surface area contributed by atoms with Crippen molar-refractivity contribution in [2.45, 2.75) is 13.8 Å². The number of nitrogens with one attached hydrogen (secondary N) is 1. The Balaban J connectivity index is 1.95. The van der Waals surface area contributed by atoms with Gasteiger partial charge >= 0.3 is 0 Å². The Labute approximate surface area is 137 Å². The number of fused-ring (bicyclic) bond motifs is 3. The van der Waals surface area contributed by atoms with Crippen LogP contribution in [0.15, 0.2) is 42.5 Å². The number of anilines is 2. The summed E-state index contributed by atoms with van der Waals surface area (Å²) in [6.45, 7) is 3.93. The molecule has 4 aromatic rings. The second kappa shape index (κ2) is 5.21. The first kappa shape index (κ1) is 14.0. The Morgan fingerprint density at radius 1 is 1.04 bits per heavy atom. The van der Waals surface area contributed by atoms with E-state index in [-0.39, 0.29) is 0 Å². The van der Waals surface area contributed by atoms with Crippen molar-refractivity contribution in [1.82, 2.24) is 19.6 Å². The lowest BCUT2D eigenvalue weighted by atomic mass is 10.2. The molecule has 0 atom stereocenters. The van der Waals surface area contributed by atoms with E-state index in [1.54, 1.807) is 0 Å². The molecule has 0 spiro atoms. The van der Waals surface area contributed by atoms with Gasteiger partial charge in [0.25, 0.3) is 0 Å². The van der Waals surface area contributed by atoms with Gasteiger partial charge in [-0.3, -0.25) is 4.40 Å². The number of benzene rings is 2. The molecule has 114 valence electrons. The second-order valence-electron chi connectivity index (χ2n) is 5.46. The molecule has 2 aromatic carbocycles. The third-order valence-corrected chi connectivity index (χ3v) is 4.08. The van der Waals surface area contributed by atoms with Crippen LogP contribution in [0.2, 0.25) is 5.02 Å². The van der Waals surface area contributed by atoms with Crippen LogP contribution >= 0.6 is 11.6 Å². The molecule has 0 aliphatic rings. The molecule has 1 N–H and O–H groups in total. The third kappa shape index (κ3) is 2.29. The summed E-state index contributed by atoms with van der Waals surface area (Å²) in [5.74, 6) is 1.45. The van der Waals surface area contributed by atoms with E-state index in [0.29, 0.717) is 16.5 Å². The summed E-state index contributed by atoms with van der Waals surface area (Å²) in [6.07, 6.45) is 0. The van der Waals surface area contributed by atoms with Crippen molar-refractivity contribution in [3.8, 4) is 0 Å². The van der Waals surface area contributed by atoms with E-state index in [2.05, 4.69) is 20.5 Å². The van der Waals surface area contributed by atoms with Gasteiger partial charge in [0.05, 0.1) is 21.7 Å². The zero-order chi connectivity index (χ0) is 16.0. The highest BCUT2D eigenvalue weighted by atomic mass is 35.5. The summed E-state index contributed by atoms with van der Waals surface area (Å²) in [6, 6.07) is 13.8. The van der Waals surface area contributed by atoms with Crippen LogP contribution in [0, 0.1) is 13.8 Å². The molecule has 2 heterocycles. The van der Waals surface area contributed by atoms with Crippen LogP contribution in [0.25, 0.3) is 16.7 Å². The predicted molar refractivity (Wildman–Crippen MR) is 92.5 cm³/mol. The minimum absolute atomic E-state index is 0.634. The number of rotatable bonds is 2. The normalized spacial score (nSPS) is 11.3. The fourth-order valence-electron chi connectivity index (χ4n) is 2.66. The standard InChI is InChI=1S/C17H14ClN5/c1-10-7-8-13(12(18)9-10)19-16-17-22-21-11(2)23(17)15-6-4-3-5-14(15)20-16/h3-9H,1-2H3,(H,19,20). The summed E-state index contributed by atoms with van der Waals surface area (Å²) in [5.41, 5.74) is 4.43. The lowest BCUT2D eigenvalue weighted by molar-refractivity contribution is 1.02. The lowest BCUT2D eigenvalue weighted by Crippen LogP contribution is -2.01. The van der Waals surface area contributed by atoms with Gasteiger partial charge in [-0.15, -0.1) is 10.2 Å². The van der Waals surface area contributed by atoms with Gasteiger partial charge in [-0.1, -0.05) is 29.8 Å². The molecule has 0 saturated heterocycles. The summed E-state index contributed by atoms with van der Waals surface area (Å²) in [4.78, 5) is 4.68. The van der Waals surface area contributed by atoms with Crippen LogP contribution < -0.4 is 5.32 Å². The van der Waals surface area contributed by atoms with Gasteiger partial charge in [-0.25, -0.2) is 4.98 Å². The Hall–Kier alpha value is -2.66. The number of aryl methyl sites for hydroxylation is 2. The number of aromatic nitrogens is 4. The first-order valence-electron chi connectivity index (χ1n) is 7.27. The van der Waals surface area contributed by atoms with Gasteiger partial charge in [0.2, 0.25) is 5.65 Å². The molecule has 2 aromatic heterocycles. The van der Waals surface area contributed by atoms with E-state index in [1.165, 1.54) is 0 Å². The number of hydrogen-bond acceptors (Lipinski definition) is 4. The van der Waals surface area contributed by atoms with Gasteiger partial charge in [0.1, 0.15) is 5.82 Å². The van der Waals surface area contributed by atoms with Crippen molar-refractivity contribution >= 4 is 39.8 Å². The van der Waals surface area contributed by atoms with Crippen molar-refractivity contribution < 1.29 is 0 Å². The molecule has 0 saturated carbocycles. The van der Waals surface area contributed by atoms with E-state index >= 15 is 0 Å². The minimum atomic E-state index is 0.634. The SMILES string of the molecule is Cc1ccc(Nc2nc3ccccc3n3c(C)nnc23)c(Cl)c1. The van der Waals surface area contributed by atoms with Crippen LogP contribution in [0.4, 0.5) is 11.5 Å². The molecule has 0 unspecified atom stereocenters. The molecule has 0 bridgehead atoms. The topological polar surface area (TPSA) is 55.1 Å². The zero-order valence-electron chi connectivity index (χ0n) is 12.7. The fourth-order valence-corrected chi connectivity index (χ4v) is 2.94. The first-order valence-corrected chi connectivity index (χ1v) is 7.65. The quantitative estimate of drug-likeness (QED) is 0.598. The monoisotopic (exact) mass is 323 g/mol. The summed E-state index contributed by atoms with van der Waals surface area (Å²) in [5, 5.41) is 12.4. The summed E-state index contributed by atoms with van der Waals surface area (Å²) < 4.78 is 1.99. The smallest absolute Gasteiger partial charge is 0.204 e. The Morgan fingerprint density at radius 2 is 1.87 bits per heavy atom. The Kier molecular flexibility index (Phi) is 3.16. The molecule has 0 aliphatic heterocycles. The fraction of sp³-hybridized carbons (Fsp3) is 0.118. The summed E-state index contributed by atoms with van der Waals surface area (Å²) in [7, 11) is 0. The highest BCUT2D eigenvalue weighted by Crippen LogP contribution is 2.29. The van der Waals surface area contributed by atoms with Gasteiger partial charge in [0, 0.05) is 0 Å². The molecule has 4 rings (SSSR count). The first-order chi connectivity index (χ1) is 11.1. The van der Waals surface area contributed by atoms with Crippen LogP contribution in [0.5, 0.6) is 0 Å². The Bertz CT molecular complexity index is 1040. The maximum Gasteiger partial charge on any atom is 0.204 e. The number of para-hydroxylation sites is 2.